The molecule has 0 aromatic carbocycles. The Balaban J connectivity index is 1.79. The maximum Gasteiger partial charge on any atom is 0.225 e. The van der Waals surface area contributed by atoms with E-state index in [0.29, 0.717) is 12.5 Å². The Kier molecular flexibility index (Phi) is 7.11. The van der Waals surface area contributed by atoms with Crippen molar-refractivity contribution in [3.8, 4) is 0 Å². The van der Waals surface area contributed by atoms with Gasteiger partial charge in [-0.05, 0) is 24.7 Å². The van der Waals surface area contributed by atoms with Crippen LogP contribution in [0.5, 0.6) is 0 Å². The molecular weight excluding hydrogens is 316 g/mol. The summed E-state index contributed by atoms with van der Waals surface area (Å²) in [7, 11) is 3.53. The van der Waals surface area contributed by atoms with Gasteiger partial charge in [0.2, 0.25) is 5.91 Å². The lowest BCUT2D eigenvalue weighted by Gasteiger charge is -2.30. The van der Waals surface area contributed by atoms with E-state index in [2.05, 4.69) is 36.4 Å². The third-order valence-corrected chi connectivity index (χ3v) is 5.47. The van der Waals surface area contributed by atoms with Crippen molar-refractivity contribution in [3.63, 3.8) is 0 Å². The zero-order chi connectivity index (χ0) is 18.4. The van der Waals surface area contributed by atoms with Crippen LogP contribution in [0.1, 0.15) is 52.9 Å². The number of carbonyl (C=O) groups is 1. The summed E-state index contributed by atoms with van der Waals surface area (Å²) in [5.74, 6) is 1.41. The van der Waals surface area contributed by atoms with E-state index in [1.807, 2.05) is 4.90 Å². The minimum Gasteiger partial charge on any atom is -0.379 e. The van der Waals surface area contributed by atoms with Crippen LogP contribution in [-0.4, -0.2) is 62.7 Å². The van der Waals surface area contributed by atoms with E-state index < -0.39 is 0 Å². The van der Waals surface area contributed by atoms with Crippen LogP contribution in [-0.2, 0) is 9.53 Å². The second-order valence-corrected chi connectivity index (χ2v) is 8.44. The van der Waals surface area contributed by atoms with Crippen LogP contribution in [0.4, 0.5) is 0 Å². The molecule has 1 saturated carbocycles. The van der Waals surface area contributed by atoms with Crippen molar-refractivity contribution in [1.29, 1.82) is 0 Å². The van der Waals surface area contributed by atoms with Gasteiger partial charge in [0.15, 0.2) is 5.96 Å². The molecule has 25 heavy (non-hydrogen) atoms. The first kappa shape index (κ1) is 20.0. The van der Waals surface area contributed by atoms with Gasteiger partial charge in [-0.2, -0.15) is 0 Å². The van der Waals surface area contributed by atoms with Crippen molar-refractivity contribution in [2.24, 2.45) is 16.3 Å². The summed E-state index contributed by atoms with van der Waals surface area (Å²) in [4.78, 5) is 18.9. The lowest BCUT2D eigenvalue weighted by atomic mass is 9.89. The largest absolute Gasteiger partial charge is 0.379 e. The number of nitrogens with one attached hydrogen (secondary N) is 2. The third-order valence-electron chi connectivity index (χ3n) is 5.47. The normalized spacial score (nSPS) is 23.8. The van der Waals surface area contributed by atoms with Gasteiger partial charge in [0.05, 0.1) is 6.10 Å². The molecule has 2 N–H and O–H groups in total. The Hall–Kier alpha value is -1.30. The summed E-state index contributed by atoms with van der Waals surface area (Å²) in [6.45, 7) is 8.85. The van der Waals surface area contributed by atoms with E-state index in [9.17, 15) is 4.79 Å². The molecule has 1 heterocycles. The van der Waals surface area contributed by atoms with Gasteiger partial charge in [-0.1, -0.05) is 33.6 Å². The molecule has 0 aromatic heterocycles. The Labute approximate surface area is 152 Å². The SMILES string of the molecule is CN=C(NCC(OC)C(C)(C)C)NC1CCN(C(=O)C2CCCC2)C1. The molecule has 2 unspecified atom stereocenters. The van der Waals surface area contributed by atoms with E-state index in [1.165, 1.54) is 12.8 Å². The summed E-state index contributed by atoms with van der Waals surface area (Å²) in [5.41, 5.74) is 0.0679. The molecule has 0 bridgehead atoms. The summed E-state index contributed by atoms with van der Waals surface area (Å²) in [6.07, 6.45) is 5.64. The number of hydrogen-bond donors (Lipinski definition) is 2. The van der Waals surface area contributed by atoms with Crippen molar-refractivity contribution >= 4 is 11.9 Å². The van der Waals surface area contributed by atoms with Crippen molar-refractivity contribution in [2.75, 3.05) is 33.8 Å². The van der Waals surface area contributed by atoms with Crippen LogP contribution in [0, 0.1) is 11.3 Å². The highest BCUT2D eigenvalue weighted by Crippen LogP contribution is 2.27. The maximum absolute atomic E-state index is 12.5. The summed E-state index contributed by atoms with van der Waals surface area (Å²) in [6, 6.07) is 0.271. The first-order valence-electron chi connectivity index (χ1n) is 9.64. The van der Waals surface area contributed by atoms with Crippen LogP contribution in [0.15, 0.2) is 4.99 Å². The number of rotatable bonds is 5. The minimum atomic E-state index is 0.0679. The van der Waals surface area contributed by atoms with Crippen LogP contribution in [0.3, 0.4) is 0 Å². The number of amides is 1. The highest BCUT2D eigenvalue weighted by Gasteiger charge is 2.32. The maximum atomic E-state index is 12.5. The molecule has 1 aliphatic carbocycles. The third kappa shape index (κ3) is 5.59. The monoisotopic (exact) mass is 352 g/mol. The molecule has 6 nitrogen and oxygen atoms in total. The Morgan fingerprint density at radius 2 is 1.96 bits per heavy atom. The van der Waals surface area contributed by atoms with Crippen molar-refractivity contribution in [2.45, 2.75) is 65.0 Å². The van der Waals surface area contributed by atoms with Gasteiger partial charge in [-0.25, -0.2) is 0 Å². The van der Waals surface area contributed by atoms with E-state index in [-0.39, 0.29) is 23.5 Å². The Bertz CT molecular complexity index is 467. The van der Waals surface area contributed by atoms with E-state index in [4.69, 9.17) is 4.74 Å². The van der Waals surface area contributed by atoms with Gasteiger partial charge in [-0.3, -0.25) is 9.79 Å². The first-order chi connectivity index (χ1) is 11.8. The fraction of sp³-hybridized carbons (Fsp3) is 0.895. The standard InChI is InChI=1S/C19H36N4O2/c1-19(2,3)16(25-5)12-21-18(20-4)22-15-10-11-23(13-15)17(24)14-8-6-7-9-14/h14-16H,6-13H2,1-5H3,(H2,20,21,22). The molecule has 1 saturated heterocycles. The molecular formula is C19H36N4O2. The van der Waals surface area contributed by atoms with Crippen molar-refractivity contribution in [1.82, 2.24) is 15.5 Å². The summed E-state index contributed by atoms with van der Waals surface area (Å²) in [5, 5.41) is 6.82. The number of aliphatic imine (C=N–C) groups is 1. The van der Waals surface area contributed by atoms with Gasteiger partial charge in [-0.15, -0.1) is 0 Å². The van der Waals surface area contributed by atoms with Gasteiger partial charge in [0.25, 0.3) is 0 Å². The summed E-state index contributed by atoms with van der Waals surface area (Å²) < 4.78 is 5.59. The summed E-state index contributed by atoms with van der Waals surface area (Å²) >= 11 is 0. The lowest BCUT2D eigenvalue weighted by molar-refractivity contribution is -0.134. The van der Waals surface area contributed by atoms with Gasteiger partial charge < -0.3 is 20.3 Å². The number of methoxy groups -OCH3 is 1. The molecule has 2 fully saturated rings. The van der Waals surface area contributed by atoms with Crippen molar-refractivity contribution < 1.29 is 9.53 Å². The second kappa shape index (κ2) is 8.88. The first-order valence-corrected chi connectivity index (χ1v) is 9.64. The zero-order valence-electron chi connectivity index (χ0n) is 16.6. The highest BCUT2D eigenvalue weighted by molar-refractivity contribution is 5.81. The molecule has 2 atom stereocenters. The average molecular weight is 353 g/mol. The number of ether oxygens (including phenoxy) is 1. The van der Waals surface area contributed by atoms with Gasteiger partial charge in [0, 0.05) is 45.8 Å². The number of nitrogens with zero attached hydrogens (tertiary/aromatic N) is 2. The quantitative estimate of drug-likeness (QED) is 0.587. The predicted molar refractivity (Wildman–Crippen MR) is 102 cm³/mol. The van der Waals surface area contributed by atoms with Crippen LogP contribution in [0.2, 0.25) is 0 Å². The van der Waals surface area contributed by atoms with E-state index in [1.54, 1.807) is 14.2 Å². The molecule has 1 aliphatic heterocycles. The van der Waals surface area contributed by atoms with E-state index in [0.717, 1.165) is 38.3 Å². The lowest BCUT2D eigenvalue weighted by Crippen LogP contribution is -2.49. The van der Waals surface area contributed by atoms with Crippen LogP contribution < -0.4 is 10.6 Å². The zero-order valence-corrected chi connectivity index (χ0v) is 16.6. The molecule has 0 aromatic rings. The number of carbonyl (C=O) groups excluding carboxylic acids is 1. The Morgan fingerprint density at radius 1 is 1.28 bits per heavy atom. The fourth-order valence-corrected chi connectivity index (χ4v) is 3.83. The van der Waals surface area contributed by atoms with Gasteiger partial charge >= 0.3 is 0 Å². The molecule has 1 amide bonds. The minimum absolute atomic E-state index is 0.0679. The van der Waals surface area contributed by atoms with Crippen molar-refractivity contribution in [3.05, 3.63) is 0 Å². The topological polar surface area (TPSA) is 66.0 Å². The molecule has 0 radical (unpaired) electrons. The second-order valence-electron chi connectivity index (χ2n) is 8.44. The molecule has 2 rings (SSSR count). The molecule has 6 heteroatoms. The predicted octanol–water partition coefficient (Wildman–Crippen LogP) is 2.00. The fourth-order valence-electron chi connectivity index (χ4n) is 3.83. The number of likely N-dealkylation sites (tertiary alicyclic amines) is 1. The van der Waals surface area contributed by atoms with Crippen LogP contribution in [0.25, 0.3) is 0 Å². The van der Waals surface area contributed by atoms with Gasteiger partial charge in [0.1, 0.15) is 0 Å². The van der Waals surface area contributed by atoms with E-state index >= 15 is 0 Å². The smallest absolute Gasteiger partial charge is 0.225 e. The Morgan fingerprint density at radius 3 is 2.52 bits per heavy atom. The molecule has 2 aliphatic rings. The molecule has 144 valence electrons. The number of guanidine groups is 1. The highest BCUT2D eigenvalue weighted by atomic mass is 16.5. The molecule has 0 spiro atoms. The van der Waals surface area contributed by atoms with Crippen LogP contribution >= 0.6 is 0 Å². The number of hydrogen-bond acceptors (Lipinski definition) is 3. The average Bonchev–Trinajstić information content (AvgIpc) is 3.24.